The van der Waals surface area contributed by atoms with E-state index in [1.54, 1.807) is 18.4 Å². The number of rotatable bonds is 4. The lowest BCUT2D eigenvalue weighted by molar-refractivity contribution is 0.408. The maximum atomic E-state index is 6.15. The van der Waals surface area contributed by atoms with Crippen LogP contribution in [0.5, 0.6) is 5.75 Å². The molecular weight excluding hydrogens is 232 g/mol. The number of nitrogens with zero attached hydrogens (tertiary/aromatic N) is 1. The van der Waals surface area contributed by atoms with Gasteiger partial charge in [-0.1, -0.05) is 18.2 Å². The fraction of sp³-hybridized carbons (Fsp3) is 0.308. The van der Waals surface area contributed by atoms with E-state index in [4.69, 9.17) is 10.5 Å². The number of benzene rings is 1. The van der Waals surface area contributed by atoms with E-state index in [9.17, 15) is 0 Å². The van der Waals surface area contributed by atoms with Gasteiger partial charge in [-0.15, -0.1) is 11.3 Å². The van der Waals surface area contributed by atoms with Crippen molar-refractivity contribution in [3.63, 3.8) is 0 Å². The first kappa shape index (κ1) is 12.1. The van der Waals surface area contributed by atoms with Crippen LogP contribution in [0.3, 0.4) is 0 Å². The topological polar surface area (TPSA) is 48.1 Å². The fourth-order valence-corrected chi connectivity index (χ4v) is 2.44. The summed E-state index contributed by atoms with van der Waals surface area (Å²) in [7, 11) is 1.68. The summed E-state index contributed by atoms with van der Waals surface area (Å²) < 4.78 is 5.31. The predicted molar refractivity (Wildman–Crippen MR) is 70.5 cm³/mol. The first-order chi connectivity index (χ1) is 8.20. The molecule has 0 aliphatic carbocycles. The van der Waals surface area contributed by atoms with E-state index in [-0.39, 0.29) is 6.04 Å². The summed E-state index contributed by atoms with van der Waals surface area (Å²) in [5, 5.41) is 3.07. The highest BCUT2D eigenvalue weighted by Gasteiger charge is 2.12. The minimum atomic E-state index is -0.0729. The number of hydrogen-bond acceptors (Lipinski definition) is 4. The van der Waals surface area contributed by atoms with Crippen molar-refractivity contribution in [3.05, 3.63) is 45.9 Å². The van der Waals surface area contributed by atoms with Gasteiger partial charge in [-0.2, -0.15) is 0 Å². The lowest BCUT2D eigenvalue weighted by atomic mass is 10.0. The van der Waals surface area contributed by atoms with Crippen LogP contribution in [-0.4, -0.2) is 12.1 Å². The minimum Gasteiger partial charge on any atom is -0.496 e. The van der Waals surface area contributed by atoms with Crippen molar-refractivity contribution < 1.29 is 4.74 Å². The summed E-state index contributed by atoms with van der Waals surface area (Å²) in [6, 6.07) is 7.88. The van der Waals surface area contributed by atoms with E-state index < -0.39 is 0 Å². The molecule has 1 aromatic carbocycles. The molecular formula is C13H16N2OS. The molecule has 1 atom stereocenters. The van der Waals surface area contributed by atoms with Crippen LogP contribution in [0.15, 0.2) is 29.6 Å². The molecule has 3 nitrogen and oxygen atoms in total. The van der Waals surface area contributed by atoms with Crippen molar-refractivity contribution in [1.29, 1.82) is 0 Å². The number of hydrogen-bond donors (Lipinski definition) is 1. The zero-order valence-corrected chi connectivity index (χ0v) is 10.8. The van der Waals surface area contributed by atoms with Gasteiger partial charge in [-0.05, 0) is 25.0 Å². The third-order valence-corrected chi connectivity index (χ3v) is 3.44. The number of thiazole rings is 1. The quantitative estimate of drug-likeness (QED) is 0.905. The molecule has 90 valence electrons. The van der Waals surface area contributed by atoms with Gasteiger partial charge in [-0.25, -0.2) is 4.98 Å². The third kappa shape index (κ3) is 2.84. The lowest BCUT2D eigenvalue weighted by Gasteiger charge is -2.12. The second-order valence-electron chi connectivity index (χ2n) is 3.91. The van der Waals surface area contributed by atoms with Crippen LogP contribution in [-0.2, 0) is 6.42 Å². The van der Waals surface area contributed by atoms with E-state index in [0.29, 0.717) is 0 Å². The molecule has 1 aromatic heterocycles. The van der Waals surface area contributed by atoms with Crippen LogP contribution in [0.4, 0.5) is 0 Å². The fourth-order valence-electron chi connectivity index (χ4n) is 1.76. The van der Waals surface area contributed by atoms with E-state index in [1.165, 1.54) is 0 Å². The van der Waals surface area contributed by atoms with Crippen LogP contribution in [0, 0.1) is 6.92 Å². The summed E-state index contributed by atoms with van der Waals surface area (Å²) >= 11 is 1.63. The standard InChI is InChI=1S/C13H16N2OS/c1-9-15-12(8-17-9)11(14)7-10-5-3-4-6-13(10)16-2/h3-6,8,11H,7,14H2,1-2H3. The van der Waals surface area contributed by atoms with Gasteiger partial charge in [0.15, 0.2) is 0 Å². The Hall–Kier alpha value is -1.39. The van der Waals surface area contributed by atoms with Crippen LogP contribution in [0.25, 0.3) is 0 Å². The number of nitrogens with two attached hydrogens (primary N) is 1. The molecule has 0 bridgehead atoms. The lowest BCUT2D eigenvalue weighted by Crippen LogP contribution is -2.14. The number of para-hydroxylation sites is 1. The van der Waals surface area contributed by atoms with E-state index >= 15 is 0 Å². The number of ether oxygens (including phenoxy) is 1. The SMILES string of the molecule is COc1ccccc1CC(N)c1csc(C)n1. The smallest absolute Gasteiger partial charge is 0.122 e. The zero-order valence-electron chi connectivity index (χ0n) is 10.0. The van der Waals surface area contributed by atoms with Crippen molar-refractivity contribution in [2.45, 2.75) is 19.4 Å². The molecule has 0 spiro atoms. The molecule has 0 aliphatic rings. The van der Waals surface area contributed by atoms with Crippen molar-refractivity contribution in [2.24, 2.45) is 5.73 Å². The Bertz CT molecular complexity index is 496. The van der Waals surface area contributed by atoms with Crippen LogP contribution >= 0.6 is 11.3 Å². The van der Waals surface area contributed by atoms with Crippen molar-refractivity contribution >= 4 is 11.3 Å². The third-order valence-electron chi connectivity index (χ3n) is 2.65. The second-order valence-corrected chi connectivity index (χ2v) is 4.98. The van der Waals surface area contributed by atoms with Crippen molar-refractivity contribution in [2.75, 3.05) is 7.11 Å². The molecule has 1 unspecified atom stereocenters. The average molecular weight is 248 g/mol. The van der Waals surface area contributed by atoms with Gasteiger partial charge in [0.2, 0.25) is 0 Å². The molecule has 2 aromatic rings. The van der Waals surface area contributed by atoms with E-state index in [0.717, 1.165) is 28.4 Å². The van der Waals surface area contributed by atoms with Crippen LogP contribution in [0.1, 0.15) is 22.3 Å². The molecule has 0 aliphatic heterocycles. The van der Waals surface area contributed by atoms with Gasteiger partial charge >= 0.3 is 0 Å². The highest BCUT2D eigenvalue weighted by Crippen LogP contribution is 2.24. The Labute approximate surface area is 105 Å². The van der Waals surface area contributed by atoms with Crippen molar-refractivity contribution in [1.82, 2.24) is 4.98 Å². The highest BCUT2D eigenvalue weighted by atomic mass is 32.1. The first-order valence-electron chi connectivity index (χ1n) is 5.50. The maximum Gasteiger partial charge on any atom is 0.122 e. The molecule has 0 amide bonds. The molecule has 0 saturated heterocycles. The van der Waals surface area contributed by atoms with E-state index in [1.807, 2.05) is 36.6 Å². The average Bonchev–Trinajstić information content (AvgIpc) is 2.77. The Morgan fingerprint density at radius 1 is 1.41 bits per heavy atom. The molecule has 1 heterocycles. The molecule has 0 fully saturated rings. The predicted octanol–water partition coefficient (Wildman–Crippen LogP) is 2.70. The van der Waals surface area contributed by atoms with Gasteiger partial charge < -0.3 is 10.5 Å². The summed E-state index contributed by atoms with van der Waals surface area (Å²) in [4.78, 5) is 4.41. The maximum absolute atomic E-state index is 6.15. The first-order valence-corrected chi connectivity index (χ1v) is 6.38. The van der Waals surface area contributed by atoms with Gasteiger partial charge in [0.25, 0.3) is 0 Å². The van der Waals surface area contributed by atoms with Crippen LogP contribution < -0.4 is 10.5 Å². The van der Waals surface area contributed by atoms with Gasteiger partial charge in [0, 0.05) is 5.38 Å². The molecule has 17 heavy (non-hydrogen) atoms. The van der Waals surface area contributed by atoms with Gasteiger partial charge in [0.1, 0.15) is 5.75 Å². The summed E-state index contributed by atoms with van der Waals surface area (Å²) in [6.45, 7) is 1.99. The highest BCUT2D eigenvalue weighted by molar-refractivity contribution is 7.09. The number of aryl methyl sites for hydroxylation is 1. The Kier molecular flexibility index (Phi) is 3.76. The molecule has 0 radical (unpaired) electrons. The zero-order chi connectivity index (χ0) is 12.3. The normalized spacial score (nSPS) is 12.4. The molecule has 2 rings (SSSR count). The molecule has 0 saturated carbocycles. The Morgan fingerprint density at radius 2 is 2.18 bits per heavy atom. The minimum absolute atomic E-state index is 0.0729. The summed E-state index contributed by atoms with van der Waals surface area (Å²) in [5.41, 5.74) is 8.23. The van der Waals surface area contributed by atoms with Crippen LogP contribution in [0.2, 0.25) is 0 Å². The Balaban J connectivity index is 2.15. The number of methoxy groups -OCH3 is 1. The summed E-state index contributed by atoms with van der Waals surface area (Å²) in [6.07, 6.45) is 0.743. The Morgan fingerprint density at radius 3 is 2.82 bits per heavy atom. The monoisotopic (exact) mass is 248 g/mol. The molecule has 4 heteroatoms. The largest absolute Gasteiger partial charge is 0.496 e. The molecule has 2 N–H and O–H groups in total. The van der Waals surface area contributed by atoms with E-state index in [2.05, 4.69) is 4.98 Å². The number of aromatic nitrogens is 1. The van der Waals surface area contributed by atoms with Gasteiger partial charge in [0.05, 0.1) is 23.9 Å². The second kappa shape index (κ2) is 5.29. The summed E-state index contributed by atoms with van der Waals surface area (Å²) in [5.74, 6) is 0.884. The van der Waals surface area contributed by atoms with Crippen molar-refractivity contribution in [3.8, 4) is 5.75 Å². The van der Waals surface area contributed by atoms with Gasteiger partial charge in [-0.3, -0.25) is 0 Å².